The Labute approximate surface area is 151 Å². The van der Waals surface area contributed by atoms with Crippen LogP contribution in [0.4, 0.5) is 0 Å². The Bertz CT molecular complexity index is 420. The predicted molar refractivity (Wildman–Crippen MR) is 102 cm³/mol. The van der Waals surface area contributed by atoms with Gasteiger partial charge in [0.2, 0.25) is 0 Å². The quantitative estimate of drug-likeness (QED) is 0.275. The standard InChI is InChI=1S/C15H29N5O.HI/c1-13(2)12-21-9-5-7-17-15(16-3)18-8-6-14-10-19-20(4)11-14;/h10-11,13H,5-9,12H2,1-4H3,(H2,16,17,18);1H. The maximum atomic E-state index is 5.54. The van der Waals surface area contributed by atoms with E-state index in [0.29, 0.717) is 5.92 Å². The number of halogens is 1. The first kappa shape index (κ1) is 21.2. The Morgan fingerprint density at radius 3 is 2.68 bits per heavy atom. The fourth-order valence-electron chi connectivity index (χ4n) is 1.85. The molecule has 128 valence electrons. The maximum Gasteiger partial charge on any atom is 0.190 e. The van der Waals surface area contributed by atoms with Gasteiger partial charge >= 0.3 is 0 Å². The molecule has 0 saturated carbocycles. The molecule has 0 saturated heterocycles. The van der Waals surface area contributed by atoms with E-state index in [9.17, 15) is 0 Å². The number of aryl methyl sites for hydroxylation is 1. The highest BCUT2D eigenvalue weighted by Gasteiger charge is 1.99. The summed E-state index contributed by atoms with van der Waals surface area (Å²) in [4.78, 5) is 4.20. The Kier molecular flexibility index (Phi) is 12.2. The zero-order chi connectivity index (χ0) is 15.5. The van der Waals surface area contributed by atoms with Crippen LogP contribution in [-0.4, -0.2) is 49.1 Å². The molecule has 0 bridgehead atoms. The summed E-state index contributed by atoms with van der Waals surface area (Å²) in [5, 5.41) is 10.7. The number of rotatable bonds is 9. The van der Waals surface area contributed by atoms with Crippen molar-refractivity contribution >= 4 is 29.9 Å². The summed E-state index contributed by atoms with van der Waals surface area (Å²) in [6.45, 7) is 7.65. The fraction of sp³-hybridized carbons (Fsp3) is 0.733. The first-order valence-corrected chi connectivity index (χ1v) is 7.61. The second-order valence-electron chi connectivity index (χ2n) is 5.52. The Morgan fingerprint density at radius 1 is 1.36 bits per heavy atom. The smallest absolute Gasteiger partial charge is 0.190 e. The highest BCUT2D eigenvalue weighted by atomic mass is 127. The molecule has 0 aliphatic carbocycles. The summed E-state index contributed by atoms with van der Waals surface area (Å²) < 4.78 is 7.36. The van der Waals surface area contributed by atoms with Crippen molar-refractivity contribution in [2.75, 3.05) is 33.4 Å². The van der Waals surface area contributed by atoms with Crippen molar-refractivity contribution < 1.29 is 4.74 Å². The lowest BCUT2D eigenvalue weighted by atomic mass is 10.2. The van der Waals surface area contributed by atoms with Crippen molar-refractivity contribution in [1.82, 2.24) is 20.4 Å². The van der Waals surface area contributed by atoms with Gasteiger partial charge < -0.3 is 15.4 Å². The van der Waals surface area contributed by atoms with Gasteiger partial charge in [-0.15, -0.1) is 24.0 Å². The van der Waals surface area contributed by atoms with Crippen LogP contribution < -0.4 is 10.6 Å². The summed E-state index contributed by atoms with van der Waals surface area (Å²) in [7, 11) is 3.72. The molecular formula is C15H30IN5O. The molecule has 0 aliphatic heterocycles. The van der Waals surface area contributed by atoms with E-state index in [0.717, 1.165) is 45.1 Å². The van der Waals surface area contributed by atoms with E-state index in [1.807, 2.05) is 24.1 Å². The molecule has 2 N–H and O–H groups in total. The monoisotopic (exact) mass is 423 g/mol. The van der Waals surface area contributed by atoms with E-state index in [4.69, 9.17) is 4.74 Å². The highest BCUT2D eigenvalue weighted by Crippen LogP contribution is 1.96. The Hall–Kier alpha value is -0.830. The molecule has 0 aromatic carbocycles. The van der Waals surface area contributed by atoms with E-state index >= 15 is 0 Å². The minimum absolute atomic E-state index is 0. The van der Waals surface area contributed by atoms with Gasteiger partial charge in [0.25, 0.3) is 0 Å². The summed E-state index contributed by atoms with van der Waals surface area (Å²) in [5.74, 6) is 1.43. The summed E-state index contributed by atoms with van der Waals surface area (Å²) in [6, 6.07) is 0. The van der Waals surface area contributed by atoms with Gasteiger partial charge in [-0.3, -0.25) is 9.67 Å². The van der Waals surface area contributed by atoms with Crippen LogP contribution in [0.3, 0.4) is 0 Å². The summed E-state index contributed by atoms with van der Waals surface area (Å²) in [5.41, 5.74) is 1.22. The lowest BCUT2D eigenvalue weighted by Gasteiger charge is -2.12. The zero-order valence-corrected chi connectivity index (χ0v) is 16.5. The minimum Gasteiger partial charge on any atom is -0.381 e. The SMILES string of the molecule is CN=C(NCCCOCC(C)C)NCCc1cnn(C)c1.I. The molecule has 1 heterocycles. The van der Waals surface area contributed by atoms with Crippen LogP contribution in [0, 0.1) is 5.92 Å². The fourth-order valence-corrected chi connectivity index (χ4v) is 1.85. The first-order valence-electron chi connectivity index (χ1n) is 7.61. The Morgan fingerprint density at radius 2 is 2.09 bits per heavy atom. The van der Waals surface area contributed by atoms with E-state index in [1.54, 1.807) is 7.05 Å². The number of hydrogen-bond donors (Lipinski definition) is 2. The molecule has 1 aromatic heterocycles. The highest BCUT2D eigenvalue weighted by molar-refractivity contribution is 14.0. The van der Waals surface area contributed by atoms with E-state index in [-0.39, 0.29) is 24.0 Å². The first-order chi connectivity index (χ1) is 10.1. The van der Waals surface area contributed by atoms with Gasteiger partial charge in [-0.25, -0.2) is 0 Å². The normalized spacial score (nSPS) is 11.4. The summed E-state index contributed by atoms with van der Waals surface area (Å²) >= 11 is 0. The van der Waals surface area contributed by atoms with Crippen LogP contribution >= 0.6 is 24.0 Å². The molecule has 0 atom stereocenters. The van der Waals surface area contributed by atoms with Crippen molar-refractivity contribution in [1.29, 1.82) is 0 Å². The van der Waals surface area contributed by atoms with Crippen molar-refractivity contribution in [3.8, 4) is 0 Å². The van der Waals surface area contributed by atoms with Crippen molar-refractivity contribution in [3.63, 3.8) is 0 Å². The second-order valence-corrected chi connectivity index (χ2v) is 5.52. The van der Waals surface area contributed by atoms with Gasteiger partial charge in [0.1, 0.15) is 0 Å². The largest absolute Gasteiger partial charge is 0.381 e. The average molecular weight is 423 g/mol. The number of aliphatic imine (C=N–C) groups is 1. The zero-order valence-electron chi connectivity index (χ0n) is 14.1. The van der Waals surface area contributed by atoms with Crippen LogP contribution in [0.25, 0.3) is 0 Å². The molecule has 22 heavy (non-hydrogen) atoms. The molecule has 0 unspecified atom stereocenters. The lowest BCUT2D eigenvalue weighted by molar-refractivity contribution is 0.108. The molecule has 1 aromatic rings. The Balaban J connectivity index is 0.00000441. The third-order valence-electron chi connectivity index (χ3n) is 2.90. The van der Waals surface area contributed by atoms with Crippen LogP contribution in [0.5, 0.6) is 0 Å². The van der Waals surface area contributed by atoms with Gasteiger partial charge in [-0.1, -0.05) is 13.8 Å². The molecule has 7 heteroatoms. The number of ether oxygens (including phenoxy) is 1. The van der Waals surface area contributed by atoms with Crippen LogP contribution in [0.15, 0.2) is 17.4 Å². The van der Waals surface area contributed by atoms with E-state index < -0.39 is 0 Å². The van der Waals surface area contributed by atoms with Gasteiger partial charge in [0.05, 0.1) is 6.20 Å². The third kappa shape index (κ3) is 9.99. The maximum absolute atomic E-state index is 5.54. The molecule has 0 radical (unpaired) electrons. The topological polar surface area (TPSA) is 63.5 Å². The van der Waals surface area contributed by atoms with Crippen LogP contribution in [0.2, 0.25) is 0 Å². The second kappa shape index (κ2) is 12.7. The van der Waals surface area contributed by atoms with Gasteiger partial charge in [-0.05, 0) is 24.3 Å². The number of nitrogens with zero attached hydrogens (tertiary/aromatic N) is 3. The van der Waals surface area contributed by atoms with Crippen molar-refractivity contribution in [2.24, 2.45) is 18.0 Å². The van der Waals surface area contributed by atoms with Gasteiger partial charge in [-0.2, -0.15) is 5.10 Å². The number of hydrogen-bond acceptors (Lipinski definition) is 3. The van der Waals surface area contributed by atoms with Gasteiger partial charge in [0, 0.05) is 46.6 Å². The number of nitrogens with one attached hydrogen (secondary N) is 2. The number of aromatic nitrogens is 2. The van der Waals surface area contributed by atoms with Crippen molar-refractivity contribution in [2.45, 2.75) is 26.7 Å². The van der Waals surface area contributed by atoms with E-state index in [2.05, 4.69) is 34.6 Å². The van der Waals surface area contributed by atoms with E-state index in [1.165, 1.54) is 5.56 Å². The molecule has 0 fully saturated rings. The molecule has 0 amide bonds. The van der Waals surface area contributed by atoms with Crippen LogP contribution in [-0.2, 0) is 18.2 Å². The predicted octanol–water partition coefficient (Wildman–Crippen LogP) is 1.81. The third-order valence-corrected chi connectivity index (χ3v) is 2.90. The molecule has 6 nitrogen and oxygen atoms in total. The van der Waals surface area contributed by atoms with Crippen molar-refractivity contribution in [3.05, 3.63) is 18.0 Å². The lowest BCUT2D eigenvalue weighted by Crippen LogP contribution is -2.39. The molecule has 1 rings (SSSR count). The minimum atomic E-state index is 0. The molecular weight excluding hydrogens is 393 g/mol. The summed E-state index contributed by atoms with van der Waals surface area (Å²) in [6.07, 6.45) is 5.84. The molecule has 0 spiro atoms. The van der Waals surface area contributed by atoms with Crippen LogP contribution in [0.1, 0.15) is 25.8 Å². The van der Waals surface area contributed by atoms with Gasteiger partial charge in [0.15, 0.2) is 5.96 Å². The average Bonchev–Trinajstić information content (AvgIpc) is 2.86. The number of guanidine groups is 1. The molecule has 0 aliphatic rings.